The fraction of sp³-hybridized carbons (Fsp3) is 0.105. The first kappa shape index (κ1) is 14.0. The molecule has 2 aromatic carbocycles. The third kappa shape index (κ3) is 2.35. The van der Waals surface area contributed by atoms with Gasteiger partial charge >= 0.3 is 0 Å². The summed E-state index contributed by atoms with van der Waals surface area (Å²) in [6.07, 6.45) is 9.63. The van der Waals surface area contributed by atoms with Gasteiger partial charge in [0.25, 0.3) is 0 Å². The van der Waals surface area contributed by atoms with Crippen LogP contribution in [-0.4, -0.2) is 13.3 Å². The van der Waals surface area contributed by atoms with Crippen molar-refractivity contribution in [3.8, 4) is 0 Å². The van der Waals surface area contributed by atoms with Crippen LogP contribution in [0.25, 0.3) is 22.9 Å². The molecular weight excluding hydrogens is 242 g/mol. The Kier molecular flexibility index (Phi) is 4.31. The monoisotopic (exact) mass is 261 g/mol. The Bertz CT molecular complexity index is 718. The molecule has 0 radical (unpaired) electrons. The van der Waals surface area contributed by atoms with E-state index in [0.717, 1.165) is 11.1 Å². The van der Waals surface area contributed by atoms with Crippen molar-refractivity contribution in [2.45, 2.75) is 6.92 Å². The number of allylic oxidation sites excluding steroid dienone is 2. The Morgan fingerprint density at radius 1 is 1.00 bits per heavy atom. The molecule has 1 nitrogen and oxygen atoms in total. The van der Waals surface area contributed by atoms with Gasteiger partial charge in [-0.3, -0.25) is 4.99 Å². The molecule has 0 saturated carbocycles. The summed E-state index contributed by atoms with van der Waals surface area (Å²) in [5.41, 5.74) is 4.65. The van der Waals surface area contributed by atoms with Crippen LogP contribution in [0, 0.1) is 6.92 Å². The van der Waals surface area contributed by atoms with Crippen molar-refractivity contribution in [1.29, 1.82) is 0 Å². The van der Waals surface area contributed by atoms with E-state index in [1.807, 2.05) is 18.4 Å². The lowest BCUT2D eigenvalue weighted by Crippen LogP contribution is -1.98. The average molecular weight is 261 g/mol. The van der Waals surface area contributed by atoms with Crippen LogP contribution in [0.5, 0.6) is 0 Å². The minimum Gasteiger partial charge on any atom is -0.296 e. The third-order valence-corrected chi connectivity index (χ3v) is 3.47. The van der Waals surface area contributed by atoms with E-state index in [1.165, 1.54) is 21.9 Å². The average Bonchev–Trinajstić information content (AvgIpc) is 2.48. The molecule has 0 aliphatic rings. The van der Waals surface area contributed by atoms with E-state index < -0.39 is 0 Å². The lowest BCUT2D eigenvalue weighted by Gasteiger charge is -2.14. The van der Waals surface area contributed by atoms with E-state index in [0.29, 0.717) is 0 Å². The molecule has 2 rings (SSSR count). The molecule has 0 aliphatic heterocycles. The van der Waals surface area contributed by atoms with E-state index in [1.54, 1.807) is 13.1 Å². The first-order valence-electron chi connectivity index (χ1n) is 6.63. The lowest BCUT2D eigenvalue weighted by molar-refractivity contribution is 1.43. The molecule has 0 heterocycles. The second-order valence-corrected chi connectivity index (χ2v) is 4.60. The summed E-state index contributed by atoms with van der Waals surface area (Å²) < 4.78 is 0. The largest absolute Gasteiger partial charge is 0.296 e. The molecule has 0 saturated heterocycles. The van der Waals surface area contributed by atoms with Gasteiger partial charge in [0.15, 0.2) is 0 Å². The zero-order valence-electron chi connectivity index (χ0n) is 12.1. The van der Waals surface area contributed by atoms with Crippen LogP contribution in [0.1, 0.15) is 22.3 Å². The molecule has 0 fully saturated rings. The van der Waals surface area contributed by atoms with E-state index in [2.05, 4.69) is 55.4 Å². The van der Waals surface area contributed by atoms with Gasteiger partial charge in [0.05, 0.1) is 0 Å². The molecule has 1 heteroatoms. The first-order valence-corrected chi connectivity index (χ1v) is 6.63. The van der Waals surface area contributed by atoms with Crippen LogP contribution in [0.4, 0.5) is 0 Å². The topological polar surface area (TPSA) is 12.4 Å². The highest BCUT2D eigenvalue weighted by Gasteiger charge is 2.12. The highest BCUT2D eigenvalue weighted by atomic mass is 14.6. The van der Waals surface area contributed by atoms with E-state index in [-0.39, 0.29) is 0 Å². The molecule has 0 atom stereocenters. The number of hydrogen-bond donors (Lipinski definition) is 0. The summed E-state index contributed by atoms with van der Waals surface area (Å²) in [5.74, 6) is 0. The van der Waals surface area contributed by atoms with Gasteiger partial charge in [-0.05, 0) is 34.4 Å². The number of aliphatic imine (C=N–C) groups is 1. The Balaban J connectivity index is 2.97. The lowest BCUT2D eigenvalue weighted by atomic mass is 9.89. The SMILES string of the molecule is C=C/C=C\c1c(C=NC)c(C=C)c2ccccc2c1C. The number of aryl methyl sites for hydroxylation is 1. The van der Waals surface area contributed by atoms with E-state index >= 15 is 0 Å². The fourth-order valence-corrected chi connectivity index (χ4v) is 2.55. The number of nitrogens with zero attached hydrogens (tertiary/aromatic N) is 1. The summed E-state index contributed by atoms with van der Waals surface area (Å²) >= 11 is 0. The van der Waals surface area contributed by atoms with Gasteiger partial charge in [-0.2, -0.15) is 0 Å². The third-order valence-electron chi connectivity index (χ3n) is 3.47. The van der Waals surface area contributed by atoms with Crippen LogP contribution < -0.4 is 0 Å². The van der Waals surface area contributed by atoms with Crippen molar-refractivity contribution in [2.75, 3.05) is 7.05 Å². The molecule has 0 aliphatic carbocycles. The molecule has 0 N–H and O–H groups in total. The highest BCUT2D eigenvalue weighted by molar-refractivity contribution is 6.04. The van der Waals surface area contributed by atoms with E-state index in [4.69, 9.17) is 0 Å². The molecule has 0 amide bonds. The summed E-state index contributed by atoms with van der Waals surface area (Å²) in [6.45, 7) is 9.86. The van der Waals surface area contributed by atoms with Gasteiger partial charge in [-0.1, -0.05) is 61.7 Å². The van der Waals surface area contributed by atoms with Gasteiger partial charge in [0.2, 0.25) is 0 Å². The first-order chi connectivity index (χ1) is 9.74. The normalized spacial score (nSPS) is 11.5. The van der Waals surface area contributed by atoms with Crippen LogP contribution in [0.15, 0.2) is 54.6 Å². The van der Waals surface area contributed by atoms with Crippen LogP contribution in [-0.2, 0) is 0 Å². The second kappa shape index (κ2) is 6.16. The molecule has 0 aromatic heterocycles. The summed E-state index contributed by atoms with van der Waals surface area (Å²) in [4.78, 5) is 4.20. The van der Waals surface area contributed by atoms with Crippen LogP contribution in [0.3, 0.4) is 0 Å². The number of fused-ring (bicyclic) bond motifs is 1. The maximum Gasteiger partial charge on any atom is 0.0293 e. The minimum atomic E-state index is 1.11. The van der Waals surface area contributed by atoms with Crippen molar-refractivity contribution in [3.05, 3.63) is 71.8 Å². The summed E-state index contributed by atoms with van der Waals surface area (Å²) in [7, 11) is 1.79. The van der Waals surface area contributed by atoms with Crippen LogP contribution >= 0.6 is 0 Å². The van der Waals surface area contributed by atoms with Crippen LogP contribution in [0.2, 0.25) is 0 Å². The van der Waals surface area contributed by atoms with Crippen molar-refractivity contribution in [3.63, 3.8) is 0 Å². The van der Waals surface area contributed by atoms with Gasteiger partial charge in [-0.15, -0.1) is 0 Å². The zero-order valence-corrected chi connectivity index (χ0v) is 12.1. The number of benzene rings is 2. The van der Waals surface area contributed by atoms with Crippen molar-refractivity contribution in [2.24, 2.45) is 4.99 Å². The van der Waals surface area contributed by atoms with Gasteiger partial charge in [0.1, 0.15) is 0 Å². The minimum absolute atomic E-state index is 1.11. The summed E-state index contributed by atoms with van der Waals surface area (Å²) in [5, 5.41) is 2.46. The number of rotatable bonds is 4. The summed E-state index contributed by atoms with van der Waals surface area (Å²) in [6, 6.07) is 8.40. The maximum absolute atomic E-state index is 4.20. The Labute approximate surface area is 120 Å². The molecular formula is C19H19N. The quantitative estimate of drug-likeness (QED) is 0.540. The fourth-order valence-electron chi connectivity index (χ4n) is 2.55. The molecule has 0 spiro atoms. The molecule has 20 heavy (non-hydrogen) atoms. The molecule has 2 aromatic rings. The van der Waals surface area contributed by atoms with Gasteiger partial charge in [0, 0.05) is 18.8 Å². The van der Waals surface area contributed by atoms with Gasteiger partial charge < -0.3 is 0 Å². The van der Waals surface area contributed by atoms with Gasteiger partial charge in [-0.25, -0.2) is 0 Å². The van der Waals surface area contributed by atoms with Crippen molar-refractivity contribution >= 4 is 29.1 Å². The highest BCUT2D eigenvalue weighted by Crippen LogP contribution is 2.31. The van der Waals surface area contributed by atoms with Crippen molar-refractivity contribution < 1.29 is 0 Å². The van der Waals surface area contributed by atoms with E-state index in [9.17, 15) is 0 Å². The Morgan fingerprint density at radius 2 is 1.70 bits per heavy atom. The molecule has 0 unspecified atom stereocenters. The molecule has 100 valence electrons. The molecule has 0 bridgehead atoms. The number of hydrogen-bond acceptors (Lipinski definition) is 1. The Hall–Kier alpha value is -2.41. The zero-order chi connectivity index (χ0) is 14.5. The standard InChI is InChI=1S/C19H19N/c1-5-7-10-17-14(3)16-11-8-9-12-18(16)15(6-2)19(17)13-20-4/h5-13H,1-2H2,3-4H3/b10-7-,20-13?. The van der Waals surface area contributed by atoms with Crippen molar-refractivity contribution in [1.82, 2.24) is 0 Å². The smallest absolute Gasteiger partial charge is 0.0293 e. The predicted molar refractivity (Wildman–Crippen MR) is 91.5 cm³/mol. The Morgan fingerprint density at radius 3 is 2.30 bits per heavy atom. The maximum atomic E-state index is 4.20. The predicted octanol–water partition coefficient (Wildman–Crippen LogP) is 5.04. The second-order valence-electron chi connectivity index (χ2n) is 4.60.